The van der Waals surface area contributed by atoms with E-state index < -0.39 is 5.54 Å². The van der Waals surface area contributed by atoms with Crippen LogP contribution in [-0.2, 0) is 27.4 Å². The molecule has 0 aliphatic heterocycles. The van der Waals surface area contributed by atoms with Crippen molar-refractivity contribution < 1.29 is 19.1 Å². The fourth-order valence-corrected chi connectivity index (χ4v) is 4.11. The van der Waals surface area contributed by atoms with Gasteiger partial charge in [0.2, 0.25) is 5.91 Å². The maximum atomic E-state index is 13.6. The molecule has 0 unspecified atom stereocenters. The lowest BCUT2D eigenvalue weighted by Crippen LogP contribution is -2.51. The highest BCUT2D eigenvalue weighted by molar-refractivity contribution is 5.86. The molecule has 0 bridgehead atoms. The molecule has 3 aromatic rings. The van der Waals surface area contributed by atoms with Crippen LogP contribution in [0.25, 0.3) is 0 Å². The van der Waals surface area contributed by atoms with Gasteiger partial charge in [-0.05, 0) is 57.5 Å². The van der Waals surface area contributed by atoms with Crippen molar-refractivity contribution in [2.24, 2.45) is 0 Å². The van der Waals surface area contributed by atoms with E-state index in [9.17, 15) is 9.59 Å². The molecule has 0 N–H and O–H groups in total. The number of rotatable bonds is 12. The van der Waals surface area contributed by atoms with Crippen LogP contribution in [0.4, 0.5) is 0 Å². The van der Waals surface area contributed by atoms with E-state index in [0.29, 0.717) is 25.4 Å². The van der Waals surface area contributed by atoms with Crippen molar-refractivity contribution in [3.63, 3.8) is 0 Å². The topological polar surface area (TPSA) is 64.0 Å². The number of carbonyl (C=O) groups is 2. The zero-order valence-corrected chi connectivity index (χ0v) is 22.6. The molecule has 2 aromatic carbocycles. The highest BCUT2D eigenvalue weighted by Crippen LogP contribution is 2.20. The summed E-state index contributed by atoms with van der Waals surface area (Å²) >= 11 is 0. The minimum absolute atomic E-state index is 0.0454. The van der Waals surface area contributed by atoms with Crippen LogP contribution in [0.3, 0.4) is 0 Å². The Morgan fingerprint density at radius 3 is 2.38 bits per heavy atom. The van der Waals surface area contributed by atoms with Crippen molar-refractivity contribution in [1.29, 1.82) is 0 Å². The van der Waals surface area contributed by atoms with Gasteiger partial charge >= 0.3 is 0 Å². The highest BCUT2D eigenvalue weighted by atomic mass is 16.5. The zero-order chi connectivity index (χ0) is 26.8. The Morgan fingerprint density at radius 2 is 1.70 bits per heavy atom. The Hall–Kier alpha value is -3.58. The summed E-state index contributed by atoms with van der Waals surface area (Å²) in [5, 5.41) is 0. The number of para-hydroxylation sites is 1. The number of carbonyl (C=O) groups excluding carboxylic acids is 2. The molecule has 0 aliphatic carbocycles. The molecule has 0 radical (unpaired) electrons. The van der Waals surface area contributed by atoms with E-state index in [4.69, 9.17) is 9.47 Å². The van der Waals surface area contributed by atoms with Gasteiger partial charge in [-0.3, -0.25) is 9.59 Å². The monoisotopic (exact) mass is 505 g/mol. The summed E-state index contributed by atoms with van der Waals surface area (Å²) in [6.45, 7) is 9.74. The van der Waals surface area contributed by atoms with Crippen molar-refractivity contribution in [3.8, 4) is 5.75 Å². The van der Waals surface area contributed by atoms with Gasteiger partial charge in [0.1, 0.15) is 5.75 Å². The molecule has 37 heavy (non-hydrogen) atoms. The molecule has 0 fully saturated rings. The predicted molar refractivity (Wildman–Crippen MR) is 145 cm³/mol. The second-order valence-electron chi connectivity index (χ2n) is 10.2. The molecule has 1 aromatic heterocycles. The molecule has 0 atom stereocenters. The minimum Gasteiger partial charge on any atom is -0.484 e. The maximum absolute atomic E-state index is 13.6. The van der Waals surface area contributed by atoms with Crippen molar-refractivity contribution in [1.82, 2.24) is 14.4 Å². The summed E-state index contributed by atoms with van der Waals surface area (Å²) in [6.07, 6.45) is 2.04. The normalized spacial score (nSPS) is 11.3. The van der Waals surface area contributed by atoms with E-state index in [-0.39, 0.29) is 25.0 Å². The first kappa shape index (κ1) is 28.0. The molecule has 0 saturated heterocycles. The minimum atomic E-state index is -0.438. The van der Waals surface area contributed by atoms with Crippen LogP contribution in [0.2, 0.25) is 0 Å². The van der Waals surface area contributed by atoms with Gasteiger partial charge in [0, 0.05) is 37.6 Å². The van der Waals surface area contributed by atoms with Gasteiger partial charge in [-0.1, -0.05) is 48.0 Å². The van der Waals surface area contributed by atoms with E-state index in [2.05, 4.69) is 35.8 Å². The molecule has 0 saturated carbocycles. The van der Waals surface area contributed by atoms with Gasteiger partial charge in [0.25, 0.3) is 5.91 Å². The van der Waals surface area contributed by atoms with Crippen molar-refractivity contribution in [3.05, 3.63) is 89.7 Å². The lowest BCUT2D eigenvalue weighted by Gasteiger charge is -2.37. The van der Waals surface area contributed by atoms with E-state index in [1.54, 1.807) is 19.2 Å². The largest absolute Gasteiger partial charge is 0.484 e. The number of benzene rings is 2. The Morgan fingerprint density at radius 1 is 0.946 bits per heavy atom. The smallest absolute Gasteiger partial charge is 0.261 e. The molecule has 0 spiro atoms. The Balaban J connectivity index is 1.72. The Bertz CT molecular complexity index is 1150. The van der Waals surface area contributed by atoms with Crippen LogP contribution in [0.1, 0.15) is 37.6 Å². The van der Waals surface area contributed by atoms with Crippen LogP contribution in [0, 0.1) is 6.92 Å². The number of amides is 2. The van der Waals surface area contributed by atoms with Crippen molar-refractivity contribution in [2.75, 3.05) is 33.4 Å². The molecule has 7 heteroatoms. The van der Waals surface area contributed by atoms with Crippen LogP contribution >= 0.6 is 0 Å². The Kier molecular flexibility index (Phi) is 9.92. The number of hydrogen-bond donors (Lipinski definition) is 0. The summed E-state index contributed by atoms with van der Waals surface area (Å²) in [5.74, 6) is 0.227. The maximum Gasteiger partial charge on any atom is 0.261 e. The fraction of sp³-hybridized carbons (Fsp3) is 0.400. The van der Waals surface area contributed by atoms with Crippen LogP contribution < -0.4 is 4.74 Å². The molecule has 2 amide bonds. The number of ether oxygens (including phenoxy) is 2. The first-order valence-corrected chi connectivity index (χ1v) is 12.6. The quantitative estimate of drug-likeness (QED) is 0.363. The SMILES string of the molecule is COCCN(CC(=O)N(Cc1cccn1Cc1cccc(C)c1)C(C)(C)C)C(=O)COc1ccccc1. The van der Waals surface area contributed by atoms with Gasteiger partial charge in [-0.25, -0.2) is 0 Å². The molecule has 1 heterocycles. The standard InChI is InChI=1S/C30H39N3O4/c1-24-11-9-12-25(19-24)20-31-16-10-13-26(31)21-33(30(2,3)4)28(34)22-32(17-18-36-5)29(35)23-37-27-14-7-6-8-15-27/h6-16,19H,17-18,20-23H2,1-5H3. The zero-order valence-electron chi connectivity index (χ0n) is 22.6. The van der Waals surface area contributed by atoms with E-state index in [0.717, 1.165) is 12.2 Å². The predicted octanol–water partition coefficient (Wildman–Crippen LogP) is 4.53. The molecule has 0 aliphatic rings. The van der Waals surface area contributed by atoms with Gasteiger partial charge in [-0.2, -0.15) is 0 Å². The summed E-state index contributed by atoms with van der Waals surface area (Å²) in [6, 6.07) is 21.7. The summed E-state index contributed by atoms with van der Waals surface area (Å²) in [4.78, 5) is 30.0. The molecule has 198 valence electrons. The summed E-state index contributed by atoms with van der Waals surface area (Å²) in [7, 11) is 1.58. The molecular weight excluding hydrogens is 466 g/mol. The van der Waals surface area contributed by atoms with Gasteiger partial charge < -0.3 is 23.8 Å². The second-order valence-corrected chi connectivity index (χ2v) is 10.2. The van der Waals surface area contributed by atoms with E-state index in [1.807, 2.05) is 62.2 Å². The highest BCUT2D eigenvalue weighted by Gasteiger charge is 2.30. The molecule has 3 rings (SSSR count). The summed E-state index contributed by atoms with van der Waals surface area (Å²) in [5.41, 5.74) is 3.02. The summed E-state index contributed by atoms with van der Waals surface area (Å²) < 4.78 is 13.0. The van der Waals surface area contributed by atoms with E-state index >= 15 is 0 Å². The third-order valence-electron chi connectivity index (χ3n) is 6.14. The van der Waals surface area contributed by atoms with Crippen molar-refractivity contribution >= 4 is 11.8 Å². The van der Waals surface area contributed by atoms with Gasteiger partial charge in [-0.15, -0.1) is 0 Å². The van der Waals surface area contributed by atoms with Crippen LogP contribution in [-0.4, -0.2) is 65.1 Å². The second kappa shape index (κ2) is 13.1. The average Bonchev–Trinajstić information content (AvgIpc) is 3.29. The number of methoxy groups -OCH3 is 1. The van der Waals surface area contributed by atoms with Gasteiger partial charge in [0.15, 0.2) is 6.61 Å². The van der Waals surface area contributed by atoms with Crippen LogP contribution in [0.5, 0.6) is 5.75 Å². The molecule has 7 nitrogen and oxygen atoms in total. The lowest BCUT2D eigenvalue weighted by atomic mass is 10.1. The number of aromatic nitrogens is 1. The first-order chi connectivity index (χ1) is 17.7. The first-order valence-electron chi connectivity index (χ1n) is 12.6. The third kappa shape index (κ3) is 8.50. The lowest BCUT2D eigenvalue weighted by molar-refractivity contribution is -0.145. The average molecular weight is 506 g/mol. The number of aryl methyl sites for hydroxylation is 1. The van der Waals surface area contributed by atoms with E-state index in [1.165, 1.54) is 16.0 Å². The van der Waals surface area contributed by atoms with Crippen molar-refractivity contribution in [2.45, 2.75) is 46.3 Å². The third-order valence-corrected chi connectivity index (χ3v) is 6.14. The fourth-order valence-electron chi connectivity index (χ4n) is 4.11. The molecular formula is C30H39N3O4. The Labute approximate surface area is 220 Å². The van der Waals surface area contributed by atoms with Crippen LogP contribution in [0.15, 0.2) is 72.9 Å². The van der Waals surface area contributed by atoms with Gasteiger partial charge in [0.05, 0.1) is 19.7 Å². The number of nitrogens with zero attached hydrogens (tertiary/aromatic N) is 3. The number of hydrogen-bond acceptors (Lipinski definition) is 4.